The van der Waals surface area contributed by atoms with E-state index in [9.17, 15) is 10.1 Å². The van der Waals surface area contributed by atoms with Crippen molar-refractivity contribution >= 4 is 27.2 Å². The third kappa shape index (κ3) is 2.99. The van der Waals surface area contributed by atoms with Gasteiger partial charge in [-0.1, -0.05) is 48.5 Å². The molecule has 5 nitrogen and oxygen atoms in total. The fourth-order valence-electron chi connectivity index (χ4n) is 4.27. The van der Waals surface area contributed by atoms with Gasteiger partial charge in [0, 0.05) is 22.7 Å². The van der Waals surface area contributed by atoms with E-state index in [4.69, 9.17) is 4.98 Å². The fraction of sp³-hybridized carbons (Fsp3) is 0.208. The van der Waals surface area contributed by atoms with Crippen molar-refractivity contribution in [1.29, 1.82) is 5.26 Å². The molecule has 0 bridgehead atoms. The predicted octanol–water partition coefficient (Wildman–Crippen LogP) is 4.60. The van der Waals surface area contributed by atoms with E-state index in [2.05, 4.69) is 36.1 Å². The molecule has 5 rings (SSSR count). The molecule has 30 heavy (non-hydrogen) atoms. The van der Waals surface area contributed by atoms with E-state index in [0.29, 0.717) is 23.8 Å². The van der Waals surface area contributed by atoms with Crippen molar-refractivity contribution in [3.8, 4) is 17.2 Å². The molecule has 148 valence electrons. The molecule has 3 heterocycles. The van der Waals surface area contributed by atoms with Crippen LogP contribution < -0.4 is 10.5 Å². The van der Waals surface area contributed by atoms with Gasteiger partial charge in [-0.25, -0.2) is 4.98 Å². The van der Waals surface area contributed by atoms with Crippen molar-refractivity contribution < 1.29 is 0 Å². The SMILES string of the molecule is C[C@@H]1Cc2ccccc2N1Cc1nc2scc(-c3ccccc3)c2c(=O)n1CC#N. The van der Waals surface area contributed by atoms with Gasteiger partial charge < -0.3 is 4.90 Å². The Morgan fingerprint density at radius 1 is 1.17 bits per heavy atom. The van der Waals surface area contributed by atoms with Crippen LogP contribution in [0.25, 0.3) is 21.3 Å². The van der Waals surface area contributed by atoms with Gasteiger partial charge in [0.2, 0.25) is 0 Å². The molecule has 1 aliphatic heterocycles. The zero-order valence-electron chi connectivity index (χ0n) is 16.6. The van der Waals surface area contributed by atoms with Gasteiger partial charge in [0.05, 0.1) is 18.0 Å². The molecule has 2 aromatic heterocycles. The molecule has 0 fully saturated rings. The van der Waals surface area contributed by atoms with Crippen LogP contribution in [-0.4, -0.2) is 15.6 Å². The van der Waals surface area contributed by atoms with Gasteiger partial charge >= 0.3 is 0 Å². The molecule has 4 aromatic rings. The van der Waals surface area contributed by atoms with E-state index < -0.39 is 0 Å². The summed E-state index contributed by atoms with van der Waals surface area (Å²) in [5.41, 5.74) is 4.21. The van der Waals surface area contributed by atoms with Crippen LogP contribution in [0.2, 0.25) is 0 Å². The molecule has 0 unspecified atom stereocenters. The summed E-state index contributed by atoms with van der Waals surface area (Å²) in [5, 5.41) is 12.0. The molecule has 0 spiro atoms. The van der Waals surface area contributed by atoms with Crippen LogP contribution in [0.15, 0.2) is 64.8 Å². The molecular weight excluding hydrogens is 392 g/mol. The zero-order chi connectivity index (χ0) is 20.7. The van der Waals surface area contributed by atoms with Crippen LogP contribution in [0.3, 0.4) is 0 Å². The van der Waals surface area contributed by atoms with Crippen LogP contribution in [0.1, 0.15) is 18.3 Å². The first-order valence-corrected chi connectivity index (χ1v) is 10.8. The van der Waals surface area contributed by atoms with E-state index in [1.165, 1.54) is 27.2 Å². The van der Waals surface area contributed by atoms with E-state index in [1.807, 2.05) is 41.8 Å². The molecule has 0 aliphatic carbocycles. The van der Waals surface area contributed by atoms with Crippen LogP contribution in [0.5, 0.6) is 0 Å². The van der Waals surface area contributed by atoms with E-state index in [1.54, 1.807) is 0 Å². The molecule has 0 amide bonds. The van der Waals surface area contributed by atoms with Crippen LogP contribution in [0, 0.1) is 11.3 Å². The smallest absolute Gasteiger partial charge is 0.263 e. The van der Waals surface area contributed by atoms with Gasteiger partial charge in [0.25, 0.3) is 5.56 Å². The van der Waals surface area contributed by atoms with Crippen molar-refractivity contribution in [2.24, 2.45) is 0 Å². The normalized spacial score (nSPS) is 15.3. The number of fused-ring (bicyclic) bond motifs is 2. The summed E-state index contributed by atoms with van der Waals surface area (Å²) < 4.78 is 1.54. The van der Waals surface area contributed by atoms with E-state index >= 15 is 0 Å². The predicted molar refractivity (Wildman–Crippen MR) is 121 cm³/mol. The molecule has 0 radical (unpaired) electrons. The Kier molecular flexibility index (Phi) is 4.61. The van der Waals surface area contributed by atoms with Gasteiger partial charge in [-0.3, -0.25) is 9.36 Å². The number of rotatable bonds is 4. The first-order chi connectivity index (χ1) is 14.7. The quantitative estimate of drug-likeness (QED) is 0.491. The molecular formula is C24H20N4OS. The number of para-hydroxylation sites is 1. The number of thiophene rings is 1. The third-order valence-electron chi connectivity index (χ3n) is 5.75. The van der Waals surface area contributed by atoms with Crippen molar-refractivity contribution in [2.75, 3.05) is 4.90 Å². The Morgan fingerprint density at radius 2 is 1.93 bits per heavy atom. The minimum absolute atomic E-state index is 0.00888. The Labute approximate surface area is 178 Å². The second kappa shape index (κ2) is 7.43. The van der Waals surface area contributed by atoms with Gasteiger partial charge in [0.1, 0.15) is 17.2 Å². The largest absolute Gasteiger partial charge is 0.361 e. The van der Waals surface area contributed by atoms with Crippen LogP contribution in [0.4, 0.5) is 5.69 Å². The number of hydrogen-bond acceptors (Lipinski definition) is 5. The lowest BCUT2D eigenvalue weighted by molar-refractivity contribution is 0.617. The zero-order valence-corrected chi connectivity index (χ0v) is 17.4. The highest BCUT2D eigenvalue weighted by Gasteiger charge is 2.27. The molecule has 2 aromatic carbocycles. The summed E-state index contributed by atoms with van der Waals surface area (Å²) in [6, 6.07) is 20.7. The van der Waals surface area contributed by atoms with Gasteiger partial charge in [-0.2, -0.15) is 5.26 Å². The first kappa shape index (κ1) is 18.6. The molecule has 1 aliphatic rings. The van der Waals surface area contributed by atoms with Gasteiger partial charge in [0.15, 0.2) is 0 Å². The van der Waals surface area contributed by atoms with Crippen LogP contribution >= 0.6 is 11.3 Å². The third-order valence-corrected chi connectivity index (χ3v) is 6.62. The number of hydrogen-bond donors (Lipinski definition) is 0. The number of nitrogens with zero attached hydrogens (tertiary/aromatic N) is 4. The second-order valence-electron chi connectivity index (χ2n) is 7.58. The average molecular weight is 413 g/mol. The number of nitriles is 1. The van der Waals surface area contributed by atoms with Crippen molar-refractivity contribution in [2.45, 2.75) is 32.5 Å². The lowest BCUT2D eigenvalue weighted by atomic mass is 10.1. The van der Waals surface area contributed by atoms with E-state index in [-0.39, 0.29) is 12.1 Å². The lowest BCUT2D eigenvalue weighted by Crippen LogP contribution is -2.33. The average Bonchev–Trinajstić information content (AvgIpc) is 3.33. The highest BCUT2D eigenvalue weighted by Crippen LogP contribution is 2.34. The molecule has 0 saturated carbocycles. The summed E-state index contributed by atoms with van der Waals surface area (Å²) in [5.74, 6) is 0.638. The first-order valence-electron chi connectivity index (χ1n) is 9.95. The Morgan fingerprint density at radius 3 is 2.73 bits per heavy atom. The maximum atomic E-state index is 13.5. The number of aromatic nitrogens is 2. The summed E-state index contributed by atoms with van der Waals surface area (Å²) >= 11 is 1.48. The van der Waals surface area contributed by atoms with Crippen molar-refractivity contribution in [1.82, 2.24) is 9.55 Å². The van der Waals surface area contributed by atoms with Gasteiger partial charge in [-0.05, 0) is 30.5 Å². The van der Waals surface area contributed by atoms with Crippen LogP contribution in [-0.2, 0) is 19.5 Å². The Hall–Kier alpha value is -3.43. The minimum atomic E-state index is -0.142. The summed E-state index contributed by atoms with van der Waals surface area (Å²) in [7, 11) is 0. The highest BCUT2D eigenvalue weighted by atomic mass is 32.1. The molecule has 6 heteroatoms. The molecule has 1 atom stereocenters. The minimum Gasteiger partial charge on any atom is -0.361 e. The second-order valence-corrected chi connectivity index (χ2v) is 8.44. The maximum Gasteiger partial charge on any atom is 0.263 e. The Bertz CT molecular complexity index is 1330. The standard InChI is InChI=1S/C24H20N4OS/c1-16-13-18-9-5-6-10-20(18)28(16)14-21-26-23-22(24(29)27(21)12-11-25)19(15-30-23)17-7-3-2-4-8-17/h2-10,15-16H,12-14H2,1H3/t16-/m1/s1. The summed E-state index contributed by atoms with van der Waals surface area (Å²) in [4.78, 5) is 21.3. The Balaban J connectivity index is 1.64. The monoisotopic (exact) mass is 412 g/mol. The maximum absolute atomic E-state index is 13.5. The lowest BCUT2D eigenvalue weighted by Gasteiger charge is -2.25. The van der Waals surface area contributed by atoms with Gasteiger partial charge in [-0.15, -0.1) is 11.3 Å². The number of anilines is 1. The summed E-state index contributed by atoms with van der Waals surface area (Å²) in [6.45, 7) is 2.68. The molecule has 0 saturated heterocycles. The highest BCUT2D eigenvalue weighted by molar-refractivity contribution is 7.17. The van der Waals surface area contributed by atoms with Crippen molar-refractivity contribution in [3.05, 3.63) is 81.7 Å². The number of benzene rings is 2. The topological polar surface area (TPSA) is 61.9 Å². The van der Waals surface area contributed by atoms with Crippen molar-refractivity contribution in [3.63, 3.8) is 0 Å². The van der Waals surface area contributed by atoms with E-state index in [0.717, 1.165) is 22.4 Å². The summed E-state index contributed by atoms with van der Waals surface area (Å²) in [6.07, 6.45) is 0.970. The fourth-order valence-corrected chi connectivity index (χ4v) is 5.23. The molecule has 0 N–H and O–H groups in total.